The van der Waals surface area contributed by atoms with E-state index >= 15 is 0 Å². The van der Waals surface area contributed by atoms with Gasteiger partial charge in [-0.25, -0.2) is 0 Å². The Morgan fingerprint density at radius 2 is 1.76 bits per heavy atom. The molecule has 17 heavy (non-hydrogen) atoms. The van der Waals surface area contributed by atoms with Crippen molar-refractivity contribution in [3.8, 4) is 5.75 Å². The van der Waals surface area contributed by atoms with Gasteiger partial charge < -0.3 is 5.11 Å². The van der Waals surface area contributed by atoms with Crippen molar-refractivity contribution >= 4 is 0 Å². The average molecular weight is 238 g/mol. The molecule has 0 spiro atoms. The predicted octanol–water partition coefficient (Wildman–Crippen LogP) is 3.88. The van der Waals surface area contributed by atoms with Crippen LogP contribution in [-0.4, -0.2) is 14.9 Å². The normalized spacial score (nSPS) is 13.6. The van der Waals surface area contributed by atoms with Crippen molar-refractivity contribution in [2.24, 2.45) is 5.92 Å². The third kappa shape index (κ3) is 3.02. The zero-order valence-corrected chi connectivity index (χ0v) is 12.0. The van der Waals surface area contributed by atoms with Gasteiger partial charge >= 0.3 is 0 Å². The van der Waals surface area contributed by atoms with Gasteiger partial charge in [-0.2, -0.15) is 5.10 Å². The molecule has 0 radical (unpaired) electrons. The van der Waals surface area contributed by atoms with E-state index in [-0.39, 0.29) is 5.92 Å². The number of nitrogens with zero attached hydrogens (tertiary/aromatic N) is 2. The molecule has 0 bridgehead atoms. The number of hydrogen-bond acceptors (Lipinski definition) is 2. The van der Waals surface area contributed by atoms with Crippen LogP contribution in [0.3, 0.4) is 0 Å². The van der Waals surface area contributed by atoms with E-state index in [4.69, 9.17) is 0 Å². The zero-order valence-electron chi connectivity index (χ0n) is 12.0. The van der Waals surface area contributed by atoms with Gasteiger partial charge in [0.05, 0.1) is 5.69 Å². The highest BCUT2D eigenvalue weighted by molar-refractivity contribution is 5.35. The molecule has 1 unspecified atom stereocenters. The van der Waals surface area contributed by atoms with Gasteiger partial charge in [0.1, 0.15) is 5.69 Å². The maximum Gasteiger partial charge on any atom is 0.160 e. The molecule has 1 N–H and O–H groups in total. The first-order chi connectivity index (χ1) is 7.88. The summed E-state index contributed by atoms with van der Waals surface area (Å²) in [5.41, 5.74) is 1.83. The molecule has 0 aliphatic heterocycles. The van der Waals surface area contributed by atoms with Crippen LogP contribution < -0.4 is 0 Å². The average Bonchev–Trinajstić information content (AvgIpc) is 2.55. The second-order valence-electron chi connectivity index (χ2n) is 5.64. The largest absolute Gasteiger partial charge is 0.504 e. The minimum absolute atomic E-state index is 0.270. The first-order valence-corrected chi connectivity index (χ1v) is 6.68. The summed E-state index contributed by atoms with van der Waals surface area (Å²) in [6.07, 6.45) is 1.92. The van der Waals surface area contributed by atoms with E-state index in [0.29, 0.717) is 17.7 Å². The van der Waals surface area contributed by atoms with Crippen LogP contribution >= 0.6 is 0 Å². The Morgan fingerprint density at radius 1 is 1.18 bits per heavy atom. The molecule has 3 nitrogen and oxygen atoms in total. The Morgan fingerprint density at radius 3 is 2.18 bits per heavy atom. The van der Waals surface area contributed by atoms with E-state index in [1.165, 1.54) is 0 Å². The molecule has 0 aliphatic carbocycles. The Labute approximate surface area is 105 Å². The van der Waals surface area contributed by atoms with Gasteiger partial charge in [-0.1, -0.05) is 34.6 Å². The molecule has 0 fully saturated rings. The maximum atomic E-state index is 10.3. The fourth-order valence-corrected chi connectivity index (χ4v) is 1.98. The van der Waals surface area contributed by atoms with Gasteiger partial charge in [-0.15, -0.1) is 0 Å². The van der Waals surface area contributed by atoms with Crippen LogP contribution in [0.25, 0.3) is 0 Å². The number of aromatic hydroxyl groups is 1. The van der Waals surface area contributed by atoms with Gasteiger partial charge in [0.2, 0.25) is 0 Å². The molecule has 0 saturated carbocycles. The van der Waals surface area contributed by atoms with Crippen molar-refractivity contribution < 1.29 is 5.11 Å². The molecule has 1 heterocycles. The molecule has 3 heteroatoms. The van der Waals surface area contributed by atoms with Gasteiger partial charge in [0.15, 0.2) is 5.75 Å². The third-order valence-corrected chi connectivity index (χ3v) is 3.16. The number of aromatic nitrogens is 2. The van der Waals surface area contributed by atoms with Gasteiger partial charge in [0, 0.05) is 12.0 Å². The highest BCUT2D eigenvalue weighted by atomic mass is 16.3. The van der Waals surface area contributed by atoms with Crippen LogP contribution in [-0.2, 0) is 6.42 Å². The summed E-state index contributed by atoms with van der Waals surface area (Å²) >= 11 is 0. The van der Waals surface area contributed by atoms with E-state index in [0.717, 1.165) is 24.2 Å². The lowest BCUT2D eigenvalue weighted by atomic mass is 10.0. The molecular formula is C14H26N2O. The predicted molar refractivity (Wildman–Crippen MR) is 71.5 cm³/mol. The lowest BCUT2D eigenvalue weighted by Gasteiger charge is -2.14. The Balaban J connectivity index is 3.21. The van der Waals surface area contributed by atoms with Crippen LogP contribution in [0.2, 0.25) is 0 Å². The molecule has 1 rings (SSSR count). The summed E-state index contributed by atoms with van der Waals surface area (Å²) in [7, 11) is 0. The molecule has 0 aliphatic rings. The monoisotopic (exact) mass is 238 g/mol. The lowest BCUT2D eigenvalue weighted by Crippen LogP contribution is -2.11. The fourth-order valence-electron chi connectivity index (χ4n) is 1.98. The molecule has 0 aromatic carbocycles. The van der Waals surface area contributed by atoms with Crippen molar-refractivity contribution in [3.63, 3.8) is 0 Å². The SMILES string of the molecule is CCC(C)n1nc(C(C)C)c(O)c1CC(C)C. The van der Waals surface area contributed by atoms with E-state index in [2.05, 4.69) is 46.6 Å². The van der Waals surface area contributed by atoms with Crippen LogP contribution in [0.5, 0.6) is 5.75 Å². The van der Waals surface area contributed by atoms with Crippen molar-refractivity contribution in [2.45, 2.75) is 66.3 Å². The summed E-state index contributed by atoms with van der Waals surface area (Å²) in [6, 6.07) is 0.349. The molecule has 0 saturated heterocycles. The van der Waals surface area contributed by atoms with Crippen LogP contribution in [0, 0.1) is 5.92 Å². The zero-order chi connectivity index (χ0) is 13.2. The topological polar surface area (TPSA) is 38.0 Å². The smallest absolute Gasteiger partial charge is 0.160 e. The molecule has 1 aromatic heterocycles. The second kappa shape index (κ2) is 5.56. The number of rotatable bonds is 5. The first kappa shape index (κ1) is 14.1. The van der Waals surface area contributed by atoms with E-state index < -0.39 is 0 Å². The Hall–Kier alpha value is -0.990. The van der Waals surface area contributed by atoms with Gasteiger partial charge in [0.25, 0.3) is 0 Å². The summed E-state index contributed by atoms with van der Waals surface area (Å²) in [5.74, 6) is 1.21. The van der Waals surface area contributed by atoms with Crippen molar-refractivity contribution in [1.29, 1.82) is 0 Å². The molecular weight excluding hydrogens is 212 g/mol. The summed E-state index contributed by atoms with van der Waals surface area (Å²) < 4.78 is 2.02. The standard InChI is InChI=1S/C14H26N2O/c1-7-11(6)16-12(8-9(2)3)14(17)13(15-16)10(4)5/h9-11,17H,7-8H2,1-6H3. The quantitative estimate of drug-likeness (QED) is 0.845. The summed E-state index contributed by atoms with van der Waals surface area (Å²) in [5, 5.41) is 14.9. The first-order valence-electron chi connectivity index (χ1n) is 6.68. The fraction of sp³-hybridized carbons (Fsp3) is 0.786. The van der Waals surface area contributed by atoms with E-state index in [9.17, 15) is 5.11 Å². The lowest BCUT2D eigenvalue weighted by molar-refractivity contribution is 0.424. The molecule has 0 amide bonds. The van der Waals surface area contributed by atoms with Crippen molar-refractivity contribution in [2.75, 3.05) is 0 Å². The van der Waals surface area contributed by atoms with E-state index in [1.54, 1.807) is 0 Å². The maximum absolute atomic E-state index is 10.3. The van der Waals surface area contributed by atoms with E-state index in [1.807, 2.05) is 4.68 Å². The van der Waals surface area contributed by atoms with Crippen LogP contribution in [0.1, 0.15) is 71.3 Å². The van der Waals surface area contributed by atoms with Crippen molar-refractivity contribution in [3.05, 3.63) is 11.4 Å². The highest BCUT2D eigenvalue weighted by Gasteiger charge is 2.21. The minimum Gasteiger partial charge on any atom is -0.504 e. The van der Waals surface area contributed by atoms with Gasteiger partial charge in [-0.05, 0) is 25.7 Å². The summed E-state index contributed by atoms with van der Waals surface area (Å²) in [6.45, 7) is 12.8. The Kier molecular flexibility index (Phi) is 4.61. The molecule has 98 valence electrons. The van der Waals surface area contributed by atoms with Crippen molar-refractivity contribution in [1.82, 2.24) is 9.78 Å². The minimum atomic E-state index is 0.270. The van der Waals surface area contributed by atoms with Crippen LogP contribution in [0.15, 0.2) is 0 Å². The van der Waals surface area contributed by atoms with Crippen LogP contribution in [0.4, 0.5) is 0 Å². The van der Waals surface area contributed by atoms with Gasteiger partial charge in [-0.3, -0.25) is 4.68 Å². The third-order valence-electron chi connectivity index (χ3n) is 3.16. The summed E-state index contributed by atoms with van der Waals surface area (Å²) in [4.78, 5) is 0. The molecule has 1 aromatic rings. The molecule has 1 atom stereocenters. The highest BCUT2D eigenvalue weighted by Crippen LogP contribution is 2.32. The number of hydrogen-bond donors (Lipinski definition) is 1. The second-order valence-corrected chi connectivity index (χ2v) is 5.64. The Bertz CT molecular complexity index is 367.